The molecule has 104 valence electrons. The number of aliphatic hydroxyl groups excluding tert-OH is 1. The lowest BCUT2D eigenvalue weighted by Crippen LogP contribution is -2.01. The smallest absolute Gasteiger partial charge is 0.150 e. The number of hydrogen-bond donors (Lipinski definition) is 2. The van der Waals surface area contributed by atoms with Gasteiger partial charge in [-0.2, -0.15) is 0 Å². The quantitative estimate of drug-likeness (QED) is 0.646. The van der Waals surface area contributed by atoms with Crippen molar-refractivity contribution in [2.75, 3.05) is 19.5 Å². The van der Waals surface area contributed by atoms with E-state index in [1.165, 1.54) is 0 Å². The van der Waals surface area contributed by atoms with Crippen LogP contribution in [0.3, 0.4) is 0 Å². The number of rotatable bonds is 5. The monoisotopic (exact) mass is 271 g/mol. The Bertz CT molecular complexity index is 623. The predicted molar refractivity (Wildman–Crippen MR) is 79.0 cm³/mol. The number of aldehydes is 1. The topological polar surface area (TPSA) is 72.5 Å². The first-order chi connectivity index (χ1) is 9.71. The Balaban J connectivity index is 2.61. The number of hydrogen-bond acceptors (Lipinski definition) is 4. The second kappa shape index (κ2) is 6.21. The number of nitrogen functional groups attached to an aromatic ring is 1. The van der Waals surface area contributed by atoms with Crippen LogP contribution in [0.15, 0.2) is 36.4 Å². The third-order valence-electron chi connectivity index (χ3n) is 3.26. The molecule has 0 spiro atoms. The summed E-state index contributed by atoms with van der Waals surface area (Å²) >= 11 is 0. The number of carbonyl (C=O) groups is 1. The molecule has 2 rings (SSSR count). The van der Waals surface area contributed by atoms with Crippen molar-refractivity contribution in [2.45, 2.75) is 6.42 Å². The molecule has 0 saturated carbocycles. The summed E-state index contributed by atoms with van der Waals surface area (Å²) in [5, 5.41) is 9.06. The highest BCUT2D eigenvalue weighted by Crippen LogP contribution is 2.33. The molecule has 0 amide bonds. The molecule has 0 aliphatic carbocycles. The van der Waals surface area contributed by atoms with E-state index in [4.69, 9.17) is 15.6 Å². The molecular weight excluding hydrogens is 254 g/mol. The van der Waals surface area contributed by atoms with Crippen molar-refractivity contribution in [1.82, 2.24) is 0 Å². The molecular formula is C16H17NO3. The minimum Gasteiger partial charge on any atom is -0.497 e. The largest absolute Gasteiger partial charge is 0.497 e. The van der Waals surface area contributed by atoms with Crippen LogP contribution in [0.25, 0.3) is 11.1 Å². The number of nitrogens with two attached hydrogens (primary N) is 1. The molecule has 2 aromatic rings. The van der Waals surface area contributed by atoms with Crippen molar-refractivity contribution in [3.8, 4) is 16.9 Å². The molecule has 3 N–H and O–H groups in total. The van der Waals surface area contributed by atoms with Gasteiger partial charge in [-0.15, -0.1) is 0 Å². The molecule has 0 unspecified atom stereocenters. The zero-order valence-electron chi connectivity index (χ0n) is 11.3. The van der Waals surface area contributed by atoms with Crippen LogP contribution in [0, 0.1) is 0 Å². The maximum atomic E-state index is 11.2. The molecule has 2 aromatic carbocycles. The van der Waals surface area contributed by atoms with E-state index in [-0.39, 0.29) is 6.61 Å². The lowest BCUT2D eigenvalue weighted by molar-refractivity contribution is 0.112. The number of methoxy groups -OCH3 is 1. The van der Waals surface area contributed by atoms with E-state index in [0.717, 1.165) is 23.0 Å². The number of benzene rings is 2. The Morgan fingerprint density at radius 2 is 2.05 bits per heavy atom. The van der Waals surface area contributed by atoms with Crippen LogP contribution >= 0.6 is 0 Å². The Kier molecular flexibility index (Phi) is 4.38. The summed E-state index contributed by atoms with van der Waals surface area (Å²) < 4.78 is 5.20. The molecule has 0 fully saturated rings. The summed E-state index contributed by atoms with van der Waals surface area (Å²) in [7, 11) is 1.57. The van der Waals surface area contributed by atoms with Gasteiger partial charge in [-0.25, -0.2) is 0 Å². The van der Waals surface area contributed by atoms with E-state index in [1.807, 2.05) is 18.2 Å². The van der Waals surface area contributed by atoms with Crippen LogP contribution in [0.1, 0.15) is 15.9 Å². The Morgan fingerprint density at radius 1 is 1.25 bits per heavy atom. The minimum atomic E-state index is 0.0340. The summed E-state index contributed by atoms with van der Waals surface area (Å²) in [5.41, 5.74) is 9.66. The fraction of sp³-hybridized carbons (Fsp3) is 0.188. The van der Waals surface area contributed by atoms with E-state index in [1.54, 1.807) is 25.3 Å². The minimum absolute atomic E-state index is 0.0340. The van der Waals surface area contributed by atoms with Gasteiger partial charge in [-0.05, 0) is 35.7 Å². The lowest BCUT2D eigenvalue weighted by Gasteiger charge is -2.13. The molecule has 0 aliphatic rings. The SMILES string of the molecule is COc1ccc(C=O)c(-c2cccc(CCO)c2N)c1. The van der Waals surface area contributed by atoms with Crippen LogP contribution in [0.5, 0.6) is 5.75 Å². The van der Waals surface area contributed by atoms with Crippen molar-refractivity contribution in [1.29, 1.82) is 0 Å². The number of anilines is 1. The first-order valence-electron chi connectivity index (χ1n) is 6.33. The van der Waals surface area contributed by atoms with E-state index in [2.05, 4.69) is 0 Å². The summed E-state index contributed by atoms with van der Waals surface area (Å²) in [4.78, 5) is 11.2. The van der Waals surface area contributed by atoms with Crippen molar-refractivity contribution in [3.63, 3.8) is 0 Å². The highest BCUT2D eigenvalue weighted by molar-refractivity contribution is 5.92. The number of ether oxygens (including phenoxy) is 1. The summed E-state index contributed by atoms with van der Waals surface area (Å²) in [6, 6.07) is 10.8. The first kappa shape index (κ1) is 14.1. The van der Waals surface area contributed by atoms with E-state index in [0.29, 0.717) is 23.4 Å². The van der Waals surface area contributed by atoms with Crippen molar-refractivity contribution in [2.24, 2.45) is 0 Å². The van der Waals surface area contributed by atoms with Crippen LogP contribution in [0.2, 0.25) is 0 Å². The van der Waals surface area contributed by atoms with Gasteiger partial charge in [-0.3, -0.25) is 4.79 Å². The molecule has 0 heterocycles. The summed E-state index contributed by atoms with van der Waals surface area (Å²) in [6.45, 7) is 0.0340. The second-order valence-corrected chi connectivity index (χ2v) is 4.42. The van der Waals surface area contributed by atoms with Crippen LogP contribution in [-0.4, -0.2) is 25.1 Å². The first-order valence-corrected chi connectivity index (χ1v) is 6.33. The lowest BCUT2D eigenvalue weighted by atomic mass is 9.95. The van der Waals surface area contributed by atoms with Gasteiger partial charge < -0.3 is 15.6 Å². The molecule has 4 nitrogen and oxygen atoms in total. The third kappa shape index (κ3) is 2.65. The fourth-order valence-corrected chi connectivity index (χ4v) is 2.18. The van der Waals surface area contributed by atoms with Gasteiger partial charge in [0.15, 0.2) is 6.29 Å². The highest BCUT2D eigenvalue weighted by atomic mass is 16.5. The van der Waals surface area contributed by atoms with Gasteiger partial charge in [0.2, 0.25) is 0 Å². The fourth-order valence-electron chi connectivity index (χ4n) is 2.18. The Hall–Kier alpha value is -2.33. The van der Waals surface area contributed by atoms with Crippen molar-refractivity contribution in [3.05, 3.63) is 47.5 Å². The normalized spacial score (nSPS) is 10.3. The molecule has 0 aliphatic heterocycles. The molecule has 0 bridgehead atoms. The summed E-state index contributed by atoms with van der Waals surface area (Å²) in [5.74, 6) is 0.664. The van der Waals surface area contributed by atoms with Crippen LogP contribution in [0.4, 0.5) is 5.69 Å². The predicted octanol–water partition coefficient (Wildman–Crippen LogP) is 2.29. The second-order valence-electron chi connectivity index (χ2n) is 4.42. The van der Waals surface area contributed by atoms with Gasteiger partial charge in [0.1, 0.15) is 5.75 Å². The maximum absolute atomic E-state index is 11.2. The molecule has 4 heteroatoms. The van der Waals surface area contributed by atoms with Gasteiger partial charge in [0.25, 0.3) is 0 Å². The molecule has 0 atom stereocenters. The zero-order valence-corrected chi connectivity index (χ0v) is 11.3. The van der Waals surface area contributed by atoms with Crippen LogP contribution < -0.4 is 10.5 Å². The van der Waals surface area contributed by atoms with E-state index >= 15 is 0 Å². The summed E-state index contributed by atoms with van der Waals surface area (Å²) in [6.07, 6.45) is 1.28. The molecule has 0 aromatic heterocycles. The molecule has 0 radical (unpaired) electrons. The van der Waals surface area contributed by atoms with Gasteiger partial charge >= 0.3 is 0 Å². The standard InChI is InChI=1S/C16H17NO3/c1-20-13-6-5-12(10-19)15(9-13)14-4-2-3-11(7-8-18)16(14)17/h2-6,9-10,18H,7-8,17H2,1H3. The average Bonchev–Trinajstić information content (AvgIpc) is 2.49. The number of carbonyl (C=O) groups excluding carboxylic acids is 1. The van der Waals surface area contributed by atoms with Gasteiger partial charge in [0, 0.05) is 23.4 Å². The van der Waals surface area contributed by atoms with E-state index in [9.17, 15) is 4.79 Å². The van der Waals surface area contributed by atoms with Crippen molar-refractivity contribution >= 4 is 12.0 Å². The van der Waals surface area contributed by atoms with Crippen LogP contribution in [-0.2, 0) is 6.42 Å². The van der Waals surface area contributed by atoms with E-state index < -0.39 is 0 Å². The van der Waals surface area contributed by atoms with Gasteiger partial charge in [-0.1, -0.05) is 18.2 Å². The highest BCUT2D eigenvalue weighted by Gasteiger charge is 2.11. The maximum Gasteiger partial charge on any atom is 0.150 e. The Labute approximate surface area is 117 Å². The molecule has 0 saturated heterocycles. The number of aliphatic hydroxyl groups is 1. The molecule has 20 heavy (non-hydrogen) atoms. The number of para-hydroxylation sites is 1. The zero-order chi connectivity index (χ0) is 14.5. The van der Waals surface area contributed by atoms with Crippen molar-refractivity contribution < 1.29 is 14.6 Å². The Morgan fingerprint density at radius 3 is 2.70 bits per heavy atom. The third-order valence-corrected chi connectivity index (χ3v) is 3.26. The van der Waals surface area contributed by atoms with Gasteiger partial charge in [0.05, 0.1) is 7.11 Å². The average molecular weight is 271 g/mol.